The monoisotopic (exact) mass is 410 g/mol. The van der Waals surface area contributed by atoms with Crippen LogP contribution in [0.4, 0.5) is 0 Å². The molecule has 1 aliphatic rings. The molecule has 1 heterocycles. The molecule has 31 heavy (non-hydrogen) atoms. The molecule has 0 aliphatic carbocycles. The Hall–Kier alpha value is -3.17. The van der Waals surface area contributed by atoms with Gasteiger partial charge in [-0.25, -0.2) is 4.74 Å². The van der Waals surface area contributed by atoms with E-state index in [9.17, 15) is 5.21 Å². The van der Waals surface area contributed by atoms with E-state index in [1.165, 1.54) is 11.1 Å². The number of rotatable bonds is 7. The molecule has 0 N–H and O–H groups in total. The van der Waals surface area contributed by atoms with Gasteiger partial charge in [0.15, 0.2) is 6.21 Å². The van der Waals surface area contributed by atoms with Gasteiger partial charge in [-0.05, 0) is 29.5 Å². The lowest BCUT2D eigenvalue weighted by Crippen LogP contribution is -2.35. The Labute approximate surface area is 185 Å². The highest BCUT2D eigenvalue weighted by Crippen LogP contribution is 2.38. The van der Waals surface area contributed by atoms with Crippen molar-refractivity contribution in [2.24, 2.45) is 0 Å². The summed E-state index contributed by atoms with van der Waals surface area (Å²) in [5.74, 6) is 0. The van der Waals surface area contributed by atoms with Crippen LogP contribution in [0.15, 0.2) is 103 Å². The van der Waals surface area contributed by atoms with E-state index >= 15 is 0 Å². The molecule has 3 aromatic carbocycles. The van der Waals surface area contributed by atoms with E-state index in [0.29, 0.717) is 0 Å². The number of nitrogens with zero attached hydrogens (tertiary/aromatic N) is 2. The van der Waals surface area contributed by atoms with Crippen LogP contribution in [0, 0.1) is 5.21 Å². The zero-order valence-corrected chi connectivity index (χ0v) is 18.2. The fraction of sp³-hybridized carbons (Fsp3) is 0.250. The van der Waals surface area contributed by atoms with Crippen LogP contribution in [0.2, 0.25) is 0 Å². The fourth-order valence-corrected chi connectivity index (χ4v) is 4.60. The second kappa shape index (κ2) is 9.76. The molecule has 0 unspecified atom stereocenters. The molecule has 0 bridgehead atoms. The maximum Gasteiger partial charge on any atom is 0.166 e. The molecular formula is C28H30N2O. The number of hydrogen-bond acceptors (Lipinski definition) is 2. The number of hydrogen-bond donors (Lipinski definition) is 0. The van der Waals surface area contributed by atoms with Crippen molar-refractivity contribution in [2.75, 3.05) is 20.1 Å². The normalized spacial score (nSPS) is 15.5. The lowest BCUT2D eigenvalue weighted by atomic mass is 9.70. The minimum Gasteiger partial charge on any atom is -0.624 e. The van der Waals surface area contributed by atoms with Gasteiger partial charge in [0.1, 0.15) is 12.5 Å². The van der Waals surface area contributed by atoms with Gasteiger partial charge in [0.25, 0.3) is 0 Å². The van der Waals surface area contributed by atoms with Gasteiger partial charge >= 0.3 is 0 Å². The highest BCUT2D eigenvalue weighted by atomic mass is 16.5. The van der Waals surface area contributed by atoms with Crippen LogP contribution >= 0.6 is 0 Å². The van der Waals surface area contributed by atoms with Crippen molar-refractivity contribution in [3.05, 3.63) is 125 Å². The van der Waals surface area contributed by atoms with Gasteiger partial charge in [-0.3, -0.25) is 4.90 Å². The van der Waals surface area contributed by atoms with Crippen LogP contribution in [0.1, 0.15) is 29.5 Å². The predicted octanol–water partition coefficient (Wildman–Crippen LogP) is 5.41. The van der Waals surface area contributed by atoms with Gasteiger partial charge < -0.3 is 5.21 Å². The number of hydroxylamine groups is 1. The van der Waals surface area contributed by atoms with Crippen LogP contribution in [0.25, 0.3) is 0 Å². The topological polar surface area (TPSA) is 29.3 Å². The van der Waals surface area contributed by atoms with E-state index in [-0.39, 0.29) is 0 Å². The maximum atomic E-state index is 12.3. The third kappa shape index (κ3) is 5.12. The van der Waals surface area contributed by atoms with Gasteiger partial charge in [-0.15, -0.1) is 0 Å². The number of benzene rings is 3. The largest absolute Gasteiger partial charge is 0.624 e. The Morgan fingerprint density at radius 3 is 1.90 bits per heavy atom. The molecule has 1 aliphatic heterocycles. The first kappa shape index (κ1) is 21.1. The minimum atomic E-state index is -0.480. The van der Waals surface area contributed by atoms with Crippen LogP contribution in [-0.2, 0) is 12.0 Å². The molecule has 0 radical (unpaired) electrons. The van der Waals surface area contributed by atoms with Crippen LogP contribution in [0.5, 0.6) is 0 Å². The summed E-state index contributed by atoms with van der Waals surface area (Å²) in [6.07, 6.45) is 6.04. The SMILES string of the molecule is C/[N+]([O-])=C\C(CC1=CCN(Cc2ccccc2)CC1)(c1ccccc1)c1ccccc1. The van der Waals surface area contributed by atoms with Gasteiger partial charge in [-0.2, -0.15) is 0 Å². The Morgan fingerprint density at radius 2 is 1.42 bits per heavy atom. The van der Waals surface area contributed by atoms with Gasteiger partial charge in [0.05, 0.1) is 0 Å². The van der Waals surface area contributed by atoms with E-state index in [4.69, 9.17) is 0 Å². The molecular weight excluding hydrogens is 380 g/mol. The molecule has 0 fully saturated rings. The van der Waals surface area contributed by atoms with E-state index in [1.807, 2.05) is 18.3 Å². The molecule has 3 aromatic rings. The van der Waals surface area contributed by atoms with Crippen LogP contribution in [-0.4, -0.2) is 36.0 Å². The Kier molecular flexibility index (Phi) is 6.63. The predicted molar refractivity (Wildman–Crippen MR) is 128 cm³/mol. The quantitative estimate of drug-likeness (QED) is 0.171. The lowest BCUT2D eigenvalue weighted by Gasteiger charge is -2.33. The molecule has 0 spiro atoms. The van der Waals surface area contributed by atoms with Crippen molar-refractivity contribution in [3.8, 4) is 0 Å². The van der Waals surface area contributed by atoms with E-state index in [1.54, 1.807) is 7.05 Å². The molecule has 3 heteroatoms. The molecule has 0 amide bonds. The van der Waals surface area contributed by atoms with Crippen molar-refractivity contribution in [3.63, 3.8) is 0 Å². The average Bonchev–Trinajstić information content (AvgIpc) is 2.81. The van der Waals surface area contributed by atoms with Gasteiger partial charge in [0, 0.05) is 19.6 Å². The van der Waals surface area contributed by atoms with E-state index < -0.39 is 5.41 Å². The fourth-order valence-electron chi connectivity index (χ4n) is 4.60. The Balaban J connectivity index is 1.63. The second-order valence-corrected chi connectivity index (χ2v) is 8.39. The molecule has 0 saturated carbocycles. The summed E-state index contributed by atoms with van der Waals surface area (Å²) in [5, 5.41) is 12.3. The Morgan fingerprint density at radius 1 is 0.871 bits per heavy atom. The summed E-state index contributed by atoms with van der Waals surface area (Å²) in [7, 11) is 1.58. The lowest BCUT2D eigenvalue weighted by molar-refractivity contribution is -0.420. The van der Waals surface area contributed by atoms with Crippen molar-refractivity contribution in [1.29, 1.82) is 0 Å². The summed E-state index contributed by atoms with van der Waals surface area (Å²) < 4.78 is 0.963. The van der Waals surface area contributed by atoms with E-state index in [0.717, 1.165) is 48.3 Å². The maximum absolute atomic E-state index is 12.3. The molecule has 0 saturated heterocycles. The Bertz CT molecular complexity index is 983. The van der Waals surface area contributed by atoms with Gasteiger partial charge in [0.2, 0.25) is 0 Å². The summed E-state index contributed by atoms with van der Waals surface area (Å²) in [5.41, 5.74) is 4.58. The molecule has 0 aromatic heterocycles. The first-order chi connectivity index (χ1) is 15.2. The second-order valence-electron chi connectivity index (χ2n) is 8.39. The van der Waals surface area contributed by atoms with Crippen LogP contribution < -0.4 is 0 Å². The van der Waals surface area contributed by atoms with Crippen molar-refractivity contribution in [1.82, 2.24) is 4.90 Å². The summed E-state index contributed by atoms with van der Waals surface area (Å²) in [6, 6.07) is 31.5. The zero-order chi connectivity index (χ0) is 21.5. The summed E-state index contributed by atoms with van der Waals surface area (Å²) >= 11 is 0. The summed E-state index contributed by atoms with van der Waals surface area (Å²) in [6.45, 7) is 2.95. The van der Waals surface area contributed by atoms with Crippen molar-refractivity contribution < 1.29 is 4.74 Å². The van der Waals surface area contributed by atoms with Crippen LogP contribution in [0.3, 0.4) is 0 Å². The van der Waals surface area contributed by atoms with E-state index in [2.05, 4.69) is 89.8 Å². The first-order valence-electron chi connectivity index (χ1n) is 11.0. The molecule has 4 rings (SSSR count). The van der Waals surface area contributed by atoms with Crippen molar-refractivity contribution in [2.45, 2.75) is 24.8 Å². The highest BCUT2D eigenvalue weighted by Gasteiger charge is 2.37. The molecule has 3 nitrogen and oxygen atoms in total. The standard InChI is InChI=1S/C28H30N2O/c1-29(31)23-28(26-13-7-3-8-14-26,27-15-9-4-10-16-27)21-24-17-19-30(20-18-24)22-25-11-5-2-6-12-25/h2-17,23H,18-22H2,1H3/b29-23+. The highest BCUT2D eigenvalue weighted by molar-refractivity contribution is 5.76. The van der Waals surface area contributed by atoms with Gasteiger partial charge in [-0.1, -0.05) is 103 Å². The average molecular weight is 411 g/mol. The zero-order valence-electron chi connectivity index (χ0n) is 18.2. The third-order valence-corrected chi connectivity index (χ3v) is 6.12. The molecule has 0 atom stereocenters. The smallest absolute Gasteiger partial charge is 0.166 e. The summed E-state index contributed by atoms with van der Waals surface area (Å²) in [4.78, 5) is 2.48. The third-order valence-electron chi connectivity index (χ3n) is 6.12. The minimum absolute atomic E-state index is 0.480. The van der Waals surface area contributed by atoms with Crippen molar-refractivity contribution >= 4 is 6.21 Å². The molecule has 158 valence electrons. The first-order valence-corrected chi connectivity index (χ1v) is 11.0.